The van der Waals surface area contributed by atoms with E-state index in [-0.39, 0.29) is 40.8 Å². The maximum Gasteiger partial charge on any atom is 0.174 e. The predicted octanol–water partition coefficient (Wildman–Crippen LogP) is 6.93. The van der Waals surface area contributed by atoms with Gasteiger partial charge >= 0.3 is 0 Å². The molecule has 36 heavy (non-hydrogen) atoms. The van der Waals surface area contributed by atoms with E-state index in [4.69, 9.17) is 9.47 Å². The summed E-state index contributed by atoms with van der Waals surface area (Å²) in [6, 6.07) is 4.66. The van der Waals surface area contributed by atoms with E-state index in [1.54, 1.807) is 12.1 Å². The second kappa shape index (κ2) is 9.76. The van der Waals surface area contributed by atoms with Gasteiger partial charge in [-0.2, -0.15) is 0 Å². The van der Waals surface area contributed by atoms with Crippen molar-refractivity contribution >= 4 is 11.9 Å². The van der Waals surface area contributed by atoms with Gasteiger partial charge in [0.1, 0.15) is 34.5 Å². The third-order valence-electron chi connectivity index (χ3n) is 6.67. The first-order valence-electron chi connectivity index (χ1n) is 12.3. The van der Waals surface area contributed by atoms with Crippen molar-refractivity contribution in [2.75, 3.05) is 0 Å². The SMILES string of the molecule is CC(C)=CCCC1(C)C=Cc2c([C@@H]3CC(=O)c4c(cc(O)c(CC=C(C)C)c4O)O3)ccc(O)c2O1. The van der Waals surface area contributed by atoms with Crippen LogP contribution in [0.5, 0.6) is 28.7 Å². The molecule has 0 spiro atoms. The van der Waals surface area contributed by atoms with Crippen LogP contribution in [0.25, 0.3) is 6.08 Å². The molecular formula is C30H34O6. The smallest absolute Gasteiger partial charge is 0.174 e. The number of Topliss-reactive ketones (excluding diaryl/α,β-unsaturated/α-hetero) is 1. The summed E-state index contributed by atoms with van der Waals surface area (Å²) < 4.78 is 12.4. The Labute approximate surface area is 212 Å². The monoisotopic (exact) mass is 490 g/mol. The summed E-state index contributed by atoms with van der Waals surface area (Å²) in [7, 11) is 0. The summed E-state index contributed by atoms with van der Waals surface area (Å²) in [6.45, 7) is 9.94. The fourth-order valence-electron chi connectivity index (χ4n) is 4.65. The minimum absolute atomic E-state index is 0.0102. The van der Waals surface area contributed by atoms with Crippen molar-refractivity contribution in [3.8, 4) is 28.7 Å². The first-order valence-corrected chi connectivity index (χ1v) is 12.3. The molecule has 0 saturated heterocycles. The Morgan fingerprint density at radius 2 is 1.81 bits per heavy atom. The molecule has 2 aliphatic heterocycles. The van der Waals surface area contributed by atoms with Crippen LogP contribution in [0.4, 0.5) is 0 Å². The van der Waals surface area contributed by atoms with E-state index in [1.165, 1.54) is 11.6 Å². The van der Waals surface area contributed by atoms with E-state index < -0.39 is 11.7 Å². The molecule has 0 aromatic heterocycles. The molecule has 4 rings (SSSR count). The van der Waals surface area contributed by atoms with Gasteiger partial charge in [0.05, 0.1) is 6.42 Å². The van der Waals surface area contributed by atoms with Gasteiger partial charge in [-0.1, -0.05) is 35.4 Å². The molecule has 190 valence electrons. The van der Waals surface area contributed by atoms with E-state index >= 15 is 0 Å². The van der Waals surface area contributed by atoms with Crippen molar-refractivity contribution < 1.29 is 29.6 Å². The number of ketones is 1. The summed E-state index contributed by atoms with van der Waals surface area (Å²) in [5.74, 6) is -0.116. The summed E-state index contributed by atoms with van der Waals surface area (Å²) in [4.78, 5) is 13.2. The number of fused-ring (bicyclic) bond motifs is 2. The number of phenols is 3. The van der Waals surface area contributed by atoms with Gasteiger partial charge in [-0.3, -0.25) is 4.79 Å². The minimum atomic E-state index is -0.662. The molecule has 0 amide bonds. The van der Waals surface area contributed by atoms with Gasteiger partial charge in [0.2, 0.25) is 0 Å². The van der Waals surface area contributed by atoms with Crippen molar-refractivity contribution in [1.29, 1.82) is 0 Å². The number of benzene rings is 2. The lowest BCUT2D eigenvalue weighted by Gasteiger charge is -2.34. The molecule has 6 nitrogen and oxygen atoms in total. The highest BCUT2D eigenvalue weighted by atomic mass is 16.5. The van der Waals surface area contributed by atoms with Crippen LogP contribution in [0.3, 0.4) is 0 Å². The van der Waals surface area contributed by atoms with Gasteiger partial charge in [0.25, 0.3) is 0 Å². The number of phenolic OH excluding ortho intramolecular Hbond substituents is 3. The topological polar surface area (TPSA) is 96.2 Å². The number of aromatic hydroxyl groups is 3. The molecule has 2 atom stereocenters. The molecule has 3 N–H and O–H groups in total. The molecule has 0 aliphatic carbocycles. The first-order chi connectivity index (χ1) is 17.0. The van der Waals surface area contributed by atoms with Crippen LogP contribution >= 0.6 is 0 Å². The van der Waals surface area contributed by atoms with Gasteiger partial charge < -0.3 is 24.8 Å². The Morgan fingerprint density at radius 1 is 1.08 bits per heavy atom. The van der Waals surface area contributed by atoms with Crippen LogP contribution in [-0.4, -0.2) is 26.7 Å². The van der Waals surface area contributed by atoms with Crippen molar-refractivity contribution in [3.63, 3.8) is 0 Å². The fraction of sp³-hybridized carbons (Fsp3) is 0.367. The summed E-state index contributed by atoms with van der Waals surface area (Å²) >= 11 is 0. The van der Waals surface area contributed by atoms with E-state index in [2.05, 4.69) is 19.9 Å². The zero-order chi connectivity index (χ0) is 26.2. The van der Waals surface area contributed by atoms with Crippen LogP contribution < -0.4 is 9.47 Å². The quantitative estimate of drug-likeness (QED) is 0.380. The normalized spacial score (nSPS) is 20.0. The second-order valence-electron chi connectivity index (χ2n) is 10.3. The van der Waals surface area contributed by atoms with E-state index in [9.17, 15) is 20.1 Å². The average molecular weight is 491 g/mol. The number of rotatable bonds is 6. The van der Waals surface area contributed by atoms with Gasteiger partial charge in [0, 0.05) is 22.8 Å². The molecule has 2 aliphatic rings. The van der Waals surface area contributed by atoms with E-state index in [0.29, 0.717) is 28.9 Å². The Morgan fingerprint density at radius 3 is 2.50 bits per heavy atom. The zero-order valence-corrected chi connectivity index (χ0v) is 21.5. The van der Waals surface area contributed by atoms with Gasteiger partial charge in [-0.15, -0.1) is 0 Å². The lowest BCUT2D eigenvalue weighted by molar-refractivity contribution is 0.0840. The van der Waals surface area contributed by atoms with Crippen molar-refractivity contribution in [2.45, 2.75) is 72.0 Å². The average Bonchev–Trinajstić information content (AvgIpc) is 2.78. The largest absolute Gasteiger partial charge is 0.507 e. The highest BCUT2D eigenvalue weighted by Gasteiger charge is 2.36. The molecule has 0 bridgehead atoms. The number of carbonyl (C=O) groups excluding carboxylic acids is 1. The number of allylic oxidation sites excluding steroid dienone is 4. The van der Waals surface area contributed by atoms with Crippen molar-refractivity contribution in [3.05, 3.63) is 69.8 Å². The van der Waals surface area contributed by atoms with Crippen molar-refractivity contribution in [1.82, 2.24) is 0 Å². The van der Waals surface area contributed by atoms with Gasteiger partial charge in [-0.05, 0) is 66.0 Å². The summed E-state index contributed by atoms with van der Waals surface area (Å²) in [5.41, 5.74) is 3.44. The molecule has 6 heteroatoms. The fourth-order valence-corrected chi connectivity index (χ4v) is 4.65. The van der Waals surface area contributed by atoms with Crippen LogP contribution in [0.2, 0.25) is 0 Å². The van der Waals surface area contributed by atoms with Gasteiger partial charge in [-0.25, -0.2) is 0 Å². The highest BCUT2D eigenvalue weighted by molar-refractivity contribution is 6.03. The maximum atomic E-state index is 13.2. The molecular weight excluding hydrogens is 456 g/mol. The van der Waals surface area contributed by atoms with Crippen molar-refractivity contribution in [2.24, 2.45) is 0 Å². The van der Waals surface area contributed by atoms with Crippen LogP contribution in [-0.2, 0) is 6.42 Å². The standard InChI is InChI=1S/C30H34O6/c1-17(2)7-6-13-30(5)14-12-20-19(10-11-22(31)29(20)36-30)25-16-24(33)27-26(35-25)15-23(32)21(28(27)34)9-8-18(3)4/h7-8,10-12,14-15,25,31-32,34H,6,9,13,16H2,1-5H3/t25-,30?/m0/s1. The third-order valence-corrected chi connectivity index (χ3v) is 6.67. The van der Waals surface area contributed by atoms with Crippen LogP contribution in [0.15, 0.2) is 47.6 Å². The Kier molecular flexibility index (Phi) is 6.90. The van der Waals surface area contributed by atoms with Gasteiger partial charge in [0.15, 0.2) is 17.3 Å². The lowest BCUT2D eigenvalue weighted by atomic mass is 9.88. The number of hydrogen-bond acceptors (Lipinski definition) is 6. The summed E-state index contributed by atoms with van der Waals surface area (Å²) in [5, 5.41) is 31.9. The molecule has 2 aromatic carbocycles. The molecule has 2 heterocycles. The first kappa shape index (κ1) is 25.4. The Hall–Kier alpha value is -3.67. The molecule has 0 radical (unpaired) electrons. The lowest BCUT2D eigenvalue weighted by Crippen LogP contribution is -2.32. The summed E-state index contributed by atoms with van der Waals surface area (Å²) in [6.07, 6.45) is 9.17. The maximum absolute atomic E-state index is 13.2. The molecule has 0 saturated carbocycles. The van der Waals surface area contributed by atoms with Crippen LogP contribution in [0.1, 0.15) is 87.0 Å². The molecule has 2 aromatic rings. The number of hydrogen-bond donors (Lipinski definition) is 3. The molecule has 1 unspecified atom stereocenters. The second-order valence-corrected chi connectivity index (χ2v) is 10.3. The Balaban J connectivity index is 1.66. The highest BCUT2D eigenvalue weighted by Crippen LogP contribution is 2.48. The third kappa shape index (κ3) is 4.99. The van der Waals surface area contributed by atoms with E-state index in [1.807, 2.05) is 39.0 Å². The number of ether oxygens (including phenoxy) is 2. The zero-order valence-electron chi connectivity index (χ0n) is 21.5. The number of carbonyl (C=O) groups is 1. The predicted molar refractivity (Wildman–Crippen MR) is 140 cm³/mol. The minimum Gasteiger partial charge on any atom is -0.507 e. The Bertz CT molecular complexity index is 1290. The van der Waals surface area contributed by atoms with E-state index in [0.717, 1.165) is 18.4 Å². The van der Waals surface area contributed by atoms with Crippen LogP contribution in [0, 0.1) is 0 Å². The molecule has 0 fully saturated rings.